The molecule has 2 atom stereocenters. The number of aliphatic hydroxyl groups is 1. The van der Waals surface area contributed by atoms with Gasteiger partial charge in [0.2, 0.25) is 0 Å². The average molecular weight is 182 g/mol. The number of rotatable bonds is 2. The summed E-state index contributed by atoms with van der Waals surface area (Å²) in [5.41, 5.74) is 0. The minimum absolute atomic E-state index is 0.350. The smallest absolute Gasteiger partial charge is 0.384 e. The third-order valence-electron chi connectivity index (χ3n) is 1.55. The van der Waals surface area contributed by atoms with Crippen LogP contribution in [0.15, 0.2) is 0 Å². The van der Waals surface area contributed by atoms with Gasteiger partial charge in [0.25, 0.3) is 0 Å². The van der Waals surface area contributed by atoms with Crippen LogP contribution >= 0.6 is 0 Å². The highest BCUT2D eigenvalue weighted by molar-refractivity contribution is 4.84. The van der Waals surface area contributed by atoms with Gasteiger partial charge >= 0.3 is 6.11 Å². The second-order valence-corrected chi connectivity index (χ2v) is 3.05. The first-order chi connectivity index (χ1) is 5.43. The molecular formula is C7H12F2O3. The molecule has 0 radical (unpaired) electrons. The zero-order chi connectivity index (χ0) is 9.35. The number of hydrogen-bond donors (Lipinski definition) is 1. The van der Waals surface area contributed by atoms with Crippen molar-refractivity contribution < 1.29 is 23.4 Å². The zero-order valence-corrected chi connectivity index (χ0v) is 6.96. The first-order valence-electron chi connectivity index (χ1n) is 3.79. The molecular weight excluding hydrogens is 170 g/mol. The summed E-state index contributed by atoms with van der Waals surface area (Å²) in [5, 5.41) is 9.04. The third kappa shape index (κ3) is 1.91. The van der Waals surface area contributed by atoms with Gasteiger partial charge in [-0.3, -0.25) is 0 Å². The van der Waals surface area contributed by atoms with Gasteiger partial charge in [0.1, 0.15) is 6.10 Å². The topological polar surface area (TPSA) is 38.7 Å². The Labute approximate surface area is 69.3 Å². The van der Waals surface area contributed by atoms with E-state index in [9.17, 15) is 8.78 Å². The largest absolute Gasteiger partial charge is 0.388 e. The highest BCUT2D eigenvalue weighted by Crippen LogP contribution is 2.32. The Hall–Kier alpha value is -0.260. The maximum Gasteiger partial charge on any atom is 0.384 e. The van der Waals surface area contributed by atoms with E-state index in [1.807, 2.05) is 0 Å². The number of halogens is 2. The van der Waals surface area contributed by atoms with E-state index in [0.29, 0.717) is 0 Å². The Morgan fingerprint density at radius 2 is 2.17 bits per heavy atom. The fourth-order valence-electron chi connectivity index (χ4n) is 1.05. The van der Waals surface area contributed by atoms with E-state index in [1.165, 1.54) is 0 Å². The molecule has 0 bridgehead atoms. The summed E-state index contributed by atoms with van der Waals surface area (Å²) in [6.07, 6.45) is -6.47. The van der Waals surface area contributed by atoms with Crippen molar-refractivity contribution in [1.82, 2.24) is 0 Å². The molecule has 0 spiro atoms. The Balaban J connectivity index is 2.59. The van der Waals surface area contributed by atoms with Crippen molar-refractivity contribution in [3.8, 4) is 0 Å². The van der Waals surface area contributed by atoms with Crippen LogP contribution in [0, 0.1) is 0 Å². The summed E-state index contributed by atoms with van der Waals surface area (Å²) in [4.78, 5) is 0. The molecule has 0 aromatic heterocycles. The Morgan fingerprint density at radius 1 is 1.58 bits per heavy atom. The lowest BCUT2D eigenvalue weighted by Crippen LogP contribution is -2.39. The first kappa shape index (κ1) is 9.83. The minimum Gasteiger partial charge on any atom is -0.388 e. The van der Waals surface area contributed by atoms with Gasteiger partial charge in [-0.1, -0.05) is 0 Å². The minimum atomic E-state index is -3.36. The molecule has 1 fully saturated rings. The highest BCUT2D eigenvalue weighted by atomic mass is 19.3. The van der Waals surface area contributed by atoms with Crippen LogP contribution in [0.25, 0.3) is 0 Å². The lowest BCUT2D eigenvalue weighted by Gasteiger charge is -2.21. The van der Waals surface area contributed by atoms with Crippen molar-refractivity contribution in [2.45, 2.75) is 38.3 Å². The monoisotopic (exact) mass is 182 g/mol. The molecule has 1 aliphatic heterocycles. The van der Waals surface area contributed by atoms with Gasteiger partial charge in [0.05, 0.1) is 12.7 Å². The summed E-state index contributed by atoms with van der Waals surface area (Å²) in [7, 11) is 0. The zero-order valence-electron chi connectivity index (χ0n) is 6.96. The fraction of sp³-hybridized carbons (Fsp3) is 1.00. The van der Waals surface area contributed by atoms with Gasteiger partial charge < -0.3 is 14.6 Å². The number of alkyl halides is 2. The number of ether oxygens (including phenoxy) is 2. The van der Waals surface area contributed by atoms with E-state index < -0.39 is 18.3 Å². The maximum atomic E-state index is 12.7. The van der Waals surface area contributed by atoms with Gasteiger partial charge in [-0.15, -0.1) is 0 Å². The molecule has 1 heterocycles. The third-order valence-corrected chi connectivity index (χ3v) is 1.55. The normalized spacial score (nSPS) is 34.5. The molecule has 1 saturated heterocycles. The Morgan fingerprint density at radius 3 is 2.50 bits per heavy atom. The van der Waals surface area contributed by atoms with Gasteiger partial charge in [-0.25, -0.2) is 0 Å². The van der Waals surface area contributed by atoms with Gasteiger partial charge in [0.15, 0.2) is 6.10 Å². The van der Waals surface area contributed by atoms with Crippen LogP contribution in [0.3, 0.4) is 0 Å². The van der Waals surface area contributed by atoms with Crippen molar-refractivity contribution in [2.75, 3.05) is 6.61 Å². The van der Waals surface area contributed by atoms with Crippen LogP contribution in [0.2, 0.25) is 0 Å². The second kappa shape index (κ2) is 3.24. The van der Waals surface area contributed by atoms with Gasteiger partial charge in [-0.2, -0.15) is 8.78 Å². The van der Waals surface area contributed by atoms with Gasteiger partial charge in [-0.05, 0) is 13.8 Å². The predicted octanol–water partition coefficient (Wildman–Crippen LogP) is 0.764. The summed E-state index contributed by atoms with van der Waals surface area (Å²) >= 11 is 0. The second-order valence-electron chi connectivity index (χ2n) is 3.05. The van der Waals surface area contributed by atoms with Crippen LogP contribution < -0.4 is 0 Å². The van der Waals surface area contributed by atoms with Crippen LogP contribution in [-0.4, -0.2) is 36.1 Å². The van der Waals surface area contributed by atoms with Crippen LogP contribution in [0.1, 0.15) is 13.8 Å². The summed E-state index contributed by atoms with van der Waals surface area (Å²) in [5.74, 6) is 0. The molecule has 0 aliphatic carbocycles. The van der Waals surface area contributed by atoms with Crippen LogP contribution in [0.4, 0.5) is 8.78 Å². The quantitative estimate of drug-likeness (QED) is 0.685. The van der Waals surface area contributed by atoms with E-state index in [1.54, 1.807) is 13.8 Å². The van der Waals surface area contributed by atoms with Crippen molar-refractivity contribution >= 4 is 0 Å². The molecule has 72 valence electrons. The molecule has 12 heavy (non-hydrogen) atoms. The SMILES string of the molecule is CC(C)O[C@H]1[C@H](O)COC1(F)F. The molecule has 0 amide bonds. The maximum absolute atomic E-state index is 12.7. The average Bonchev–Trinajstić information content (AvgIpc) is 2.15. The van der Waals surface area contributed by atoms with Crippen LogP contribution in [0.5, 0.6) is 0 Å². The predicted molar refractivity (Wildman–Crippen MR) is 36.9 cm³/mol. The molecule has 3 nitrogen and oxygen atoms in total. The van der Waals surface area contributed by atoms with Crippen LogP contribution in [-0.2, 0) is 9.47 Å². The summed E-state index contributed by atoms with van der Waals surface area (Å²) < 4.78 is 34.3. The number of aliphatic hydroxyl groups excluding tert-OH is 1. The molecule has 1 rings (SSSR count). The number of hydrogen-bond acceptors (Lipinski definition) is 3. The highest BCUT2D eigenvalue weighted by Gasteiger charge is 2.52. The molecule has 0 saturated carbocycles. The van der Waals surface area contributed by atoms with E-state index in [0.717, 1.165) is 0 Å². The van der Waals surface area contributed by atoms with E-state index >= 15 is 0 Å². The fourth-order valence-corrected chi connectivity index (χ4v) is 1.05. The summed E-state index contributed by atoms with van der Waals surface area (Å²) in [6.45, 7) is 2.88. The lowest BCUT2D eigenvalue weighted by atomic mass is 10.2. The molecule has 0 aromatic rings. The molecule has 0 aromatic carbocycles. The van der Waals surface area contributed by atoms with Crippen molar-refractivity contribution in [3.63, 3.8) is 0 Å². The van der Waals surface area contributed by atoms with E-state index in [-0.39, 0.29) is 12.7 Å². The standard InChI is InChI=1S/C7H12F2O3/c1-4(2)12-6-5(10)3-11-7(6,8)9/h4-6,10H,3H2,1-2H3/t5-,6+/m1/s1. The first-order valence-corrected chi connectivity index (χ1v) is 3.79. The van der Waals surface area contributed by atoms with E-state index in [2.05, 4.69) is 4.74 Å². The summed E-state index contributed by atoms with van der Waals surface area (Å²) in [6, 6.07) is 0. The van der Waals surface area contributed by atoms with Gasteiger partial charge in [0, 0.05) is 0 Å². The molecule has 1 aliphatic rings. The Kier molecular flexibility index (Phi) is 2.65. The van der Waals surface area contributed by atoms with E-state index in [4.69, 9.17) is 9.84 Å². The van der Waals surface area contributed by atoms with Crippen molar-refractivity contribution in [3.05, 3.63) is 0 Å². The Bertz CT molecular complexity index is 161. The van der Waals surface area contributed by atoms with Crippen molar-refractivity contribution in [1.29, 1.82) is 0 Å². The molecule has 1 N–H and O–H groups in total. The van der Waals surface area contributed by atoms with Crippen molar-refractivity contribution in [2.24, 2.45) is 0 Å². The molecule has 5 heteroatoms. The molecule has 0 unspecified atom stereocenters. The lowest BCUT2D eigenvalue weighted by molar-refractivity contribution is -0.265.